The Balaban J connectivity index is 1.75. The number of likely N-dealkylation sites (N-methyl/N-ethyl adjacent to an activating group) is 1. The van der Waals surface area contributed by atoms with E-state index in [9.17, 15) is 0 Å². The lowest BCUT2D eigenvalue weighted by Gasteiger charge is -2.18. The van der Waals surface area contributed by atoms with Gasteiger partial charge < -0.3 is 10.6 Å². The molecule has 0 aliphatic heterocycles. The molecule has 0 unspecified atom stereocenters. The van der Waals surface area contributed by atoms with Gasteiger partial charge in [-0.05, 0) is 42.3 Å². The fourth-order valence-corrected chi connectivity index (χ4v) is 2.40. The first kappa shape index (κ1) is 13.4. The number of aromatic nitrogens is 1. The largest absolute Gasteiger partial charge is 0.399 e. The van der Waals surface area contributed by atoms with Crippen molar-refractivity contribution < 1.29 is 0 Å². The van der Waals surface area contributed by atoms with E-state index in [2.05, 4.69) is 42.3 Å². The van der Waals surface area contributed by atoms with E-state index in [0.29, 0.717) is 0 Å². The highest BCUT2D eigenvalue weighted by Gasteiger charge is 2.04. The Bertz CT molecular complexity index is 738. The van der Waals surface area contributed by atoms with Crippen molar-refractivity contribution in [1.82, 2.24) is 4.98 Å². The molecule has 0 aliphatic carbocycles. The lowest BCUT2D eigenvalue weighted by atomic mass is 10.1. The van der Waals surface area contributed by atoms with Crippen molar-refractivity contribution >= 4 is 22.4 Å². The molecule has 2 aromatic carbocycles. The van der Waals surface area contributed by atoms with Crippen molar-refractivity contribution in [3.63, 3.8) is 0 Å². The van der Waals surface area contributed by atoms with E-state index in [0.717, 1.165) is 35.4 Å². The van der Waals surface area contributed by atoms with E-state index in [1.807, 2.05) is 30.3 Å². The number of anilines is 2. The molecule has 0 atom stereocenters. The molecule has 1 aromatic heterocycles. The summed E-state index contributed by atoms with van der Waals surface area (Å²) in [5.41, 5.74) is 8.89. The molecular weight excluding hydrogens is 258 g/mol. The van der Waals surface area contributed by atoms with E-state index in [1.54, 1.807) is 0 Å². The van der Waals surface area contributed by atoms with Gasteiger partial charge in [-0.2, -0.15) is 0 Å². The monoisotopic (exact) mass is 277 g/mol. The Kier molecular flexibility index (Phi) is 3.73. The van der Waals surface area contributed by atoms with Crippen LogP contribution in [0.3, 0.4) is 0 Å². The number of nitrogens with zero attached hydrogens (tertiary/aromatic N) is 2. The zero-order chi connectivity index (χ0) is 14.7. The minimum Gasteiger partial charge on any atom is -0.399 e. The van der Waals surface area contributed by atoms with Gasteiger partial charge in [0, 0.05) is 24.7 Å². The van der Waals surface area contributed by atoms with Gasteiger partial charge in [-0.3, -0.25) is 0 Å². The van der Waals surface area contributed by atoms with Gasteiger partial charge in [0.2, 0.25) is 0 Å². The van der Waals surface area contributed by atoms with E-state index < -0.39 is 0 Å². The first-order valence-electron chi connectivity index (χ1n) is 7.14. The van der Waals surface area contributed by atoms with Crippen molar-refractivity contribution in [2.24, 2.45) is 0 Å². The maximum atomic E-state index is 5.80. The van der Waals surface area contributed by atoms with Crippen LogP contribution in [0.1, 0.15) is 5.56 Å². The Labute approximate surface area is 125 Å². The molecule has 0 bridgehead atoms. The Morgan fingerprint density at radius 3 is 2.62 bits per heavy atom. The fourth-order valence-electron chi connectivity index (χ4n) is 2.40. The van der Waals surface area contributed by atoms with Crippen LogP contribution in [0.5, 0.6) is 0 Å². The highest BCUT2D eigenvalue weighted by Crippen LogP contribution is 2.19. The number of rotatable bonds is 4. The SMILES string of the molecule is CN(CCc1ccccc1)c1ccc2cc(N)ccc2n1. The minimum atomic E-state index is 0.773. The molecule has 106 valence electrons. The predicted molar refractivity (Wildman–Crippen MR) is 89.6 cm³/mol. The maximum Gasteiger partial charge on any atom is 0.128 e. The van der Waals surface area contributed by atoms with Gasteiger partial charge in [0.15, 0.2) is 0 Å². The summed E-state index contributed by atoms with van der Waals surface area (Å²) in [5.74, 6) is 0.989. The number of pyridine rings is 1. The molecule has 0 aliphatic rings. The average molecular weight is 277 g/mol. The van der Waals surface area contributed by atoms with Crippen LogP contribution in [0.25, 0.3) is 10.9 Å². The van der Waals surface area contributed by atoms with Gasteiger partial charge >= 0.3 is 0 Å². The molecule has 3 rings (SSSR count). The summed E-state index contributed by atoms with van der Waals surface area (Å²) < 4.78 is 0. The second kappa shape index (κ2) is 5.83. The van der Waals surface area contributed by atoms with Crippen LogP contribution in [0.2, 0.25) is 0 Å². The van der Waals surface area contributed by atoms with Crippen LogP contribution >= 0.6 is 0 Å². The second-order valence-corrected chi connectivity index (χ2v) is 5.28. The van der Waals surface area contributed by atoms with Crippen LogP contribution < -0.4 is 10.6 Å². The summed E-state index contributed by atoms with van der Waals surface area (Å²) in [6.07, 6.45) is 1.01. The summed E-state index contributed by atoms with van der Waals surface area (Å²) in [4.78, 5) is 6.88. The van der Waals surface area contributed by atoms with Crippen molar-refractivity contribution in [2.75, 3.05) is 24.2 Å². The minimum absolute atomic E-state index is 0.773. The van der Waals surface area contributed by atoms with Crippen molar-refractivity contribution in [1.29, 1.82) is 0 Å². The van der Waals surface area contributed by atoms with Crippen LogP contribution in [0, 0.1) is 0 Å². The molecule has 3 heteroatoms. The molecule has 0 fully saturated rings. The van der Waals surface area contributed by atoms with E-state index in [4.69, 9.17) is 10.7 Å². The Hall–Kier alpha value is -2.55. The lowest BCUT2D eigenvalue weighted by Crippen LogP contribution is -2.21. The Morgan fingerprint density at radius 2 is 1.81 bits per heavy atom. The standard InChI is InChI=1S/C18H19N3/c1-21(12-11-14-5-3-2-4-6-14)18-10-7-15-13-16(19)8-9-17(15)20-18/h2-10,13H,11-12,19H2,1H3. The lowest BCUT2D eigenvalue weighted by molar-refractivity contribution is 0.863. The van der Waals surface area contributed by atoms with Crippen LogP contribution in [0.15, 0.2) is 60.7 Å². The normalized spacial score (nSPS) is 10.7. The van der Waals surface area contributed by atoms with Crippen LogP contribution in [-0.2, 0) is 6.42 Å². The van der Waals surface area contributed by atoms with Gasteiger partial charge in [0.1, 0.15) is 5.82 Å². The number of nitrogens with two attached hydrogens (primary N) is 1. The van der Waals surface area contributed by atoms with Crippen molar-refractivity contribution in [3.05, 3.63) is 66.2 Å². The summed E-state index contributed by atoms with van der Waals surface area (Å²) >= 11 is 0. The van der Waals surface area contributed by atoms with Crippen molar-refractivity contribution in [3.8, 4) is 0 Å². The first-order chi connectivity index (χ1) is 10.2. The first-order valence-corrected chi connectivity index (χ1v) is 7.14. The summed E-state index contributed by atoms with van der Waals surface area (Å²) in [5, 5.41) is 1.08. The topological polar surface area (TPSA) is 42.1 Å². The van der Waals surface area contributed by atoms with Gasteiger partial charge in [-0.1, -0.05) is 30.3 Å². The number of fused-ring (bicyclic) bond motifs is 1. The predicted octanol–water partition coefficient (Wildman–Crippen LogP) is 3.50. The van der Waals surface area contributed by atoms with Gasteiger partial charge in [-0.15, -0.1) is 0 Å². The smallest absolute Gasteiger partial charge is 0.128 e. The summed E-state index contributed by atoms with van der Waals surface area (Å²) in [7, 11) is 2.08. The molecule has 1 heterocycles. The van der Waals surface area contributed by atoms with Gasteiger partial charge in [-0.25, -0.2) is 4.98 Å². The number of hydrogen-bond acceptors (Lipinski definition) is 3. The molecule has 2 N–H and O–H groups in total. The molecule has 0 saturated heterocycles. The van der Waals surface area contributed by atoms with Gasteiger partial charge in [0.25, 0.3) is 0 Å². The highest BCUT2D eigenvalue weighted by molar-refractivity contribution is 5.83. The van der Waals surface area contributed by atoms with Crippen LogP contribution in [-0.4, -0.2) is 18.6 Å². The fraction of sp³-hybridized carbons (Fsp3) is 0.167. The third-order valence-electron chi connectivity index (χ3n) is 3.67. The average Bonchev–Trinajstić information content (AvgIpc) is 2.53. The molecule has 0 saturated carbocycles. The summed E-state index contributed by atoms with van der Waals surface area (Å²) in [6.45, 7) is 0.942. The third-order valence-corrected chi connectivity index (χ3v) is 3.67. The molecule has 3 aromatic rings. The zero-order valence-electron chi connectivity index (χ0n) is 12.2. The molecular formula is C18H19N3. The third kappa shape index (κ3) is 3.14. The van der Waals surface area contributed by atoms with Crippen molar-refractivity contribution in [2.45, 2.75) is 6.42 Å². The molecule has 21 heavy (non-hydrogen) atoms. The van der Waals surface area contributed by atoms with E-state index >= 15 is 0 Å². The summed E-state index contributed by atoms with van der Waals surface area (Å²) in [6, 6.07) is 20.5. The highest BCUT2D eigenvalue weighted by atomic mass is 15.2. The van der Waals surface area contributed by atoms with E-state index in [-0.39, 0.29) is 0 Å². The molecule has 3 nitrogen and oxygen atoms in total. The quantitative estimate of drug-likeness (QED) is 0.742. The molecule has 0 radical (unpaired) electrons. The van der Waals surface area contributed by atoms with E-state index in [1.165, 1.54) is 5.56 Å². The zero-order valence-corrected chi connectivity index (χ0v) is 12.2. The second-order valence-electron chi connectivity index (χ2n) is 5.28. The maximum absolute atomic E-state index is 5.80. The number of hydrogen-bond donors (Lipinski definition) is 1. The van der Waals surface area contributed by atoms with Crippen LogP contribution in [0.4, 0.5) is 11.5 Å². The number of nitrogen functional groups attached to an aromatic ring is 1. The Morgan fingerprint density at radius 1 is 1.00 bits per heavy atom. The van der Waals surface area contributed by atoms with Gasteiger partial charge in [0.05, 0.1) is 5.52 Å². The number of benzene rings is 2. The molecule has 0 amide bonds. The molecule has 0 spiro atoms.